The molecule has 23 heavy (non-hydrogen) atoms. The van der Waals surface area contributed by atoms with Gasteiger partial charge < -0.3 is 9.38 Å². The molecule has 0 aliphatic carbocycles. The van der Waals surface area contributed by atoms with Crippen LogP contribution in [-0.4, -0.2) is 37.3 Å². The fraction of sp³-hybridized carbons (Fsp3) is 0.444. The van der Waals surface area contributed by atoms with E-state index in [1.165, 1.54) is 42.7 Å². The molecule has 1 aliphatic heterocycles. The van der Waals surface area contributed by atoms with E-state index in [9.17, 15) is 0 Å². The van der Waals surface area contributed by atoms with Gasteiger partial charge in [0.2, 0.25) is 0 Å². The van der Waals surface area contributed by atoms with Crippen molar-refractivity contribution in [3.8, 4) is 0 Å². The summed E-state index contributed by atoms with van der Waals surface area (Å²) < 4.78 is 2.17. The number of H-pyrrole nitrogens is 1. The molecule has 4 rings (SSSR count). The van der Waals surface area contributed by atoms with E-state index >= 15 is 0 Å². The minimum Gasteiger partial charge on any atom is -0.347 e. The molecule has 4 heterocycles. The molecule has 5 nitrogen and oxygen atoms in total. The first kappa shape index (κ1) is 14.5. The van der Waals surface area contributed by atoms with Crippen LogP contribution >= 0.6 is 0 Å². The van der Waals surface area contributed by atoms with Crippen molar-refractivity contribution in [2.45, 2.75) is 32.2 Å². The highest BCUT2D eigenvalue weighted by atomic mass is 15.1. The normalized spacial score (nSPS) is 19.9. The van der Waals surface area contributed by atoms with Crippen molar-refractivity contribution >= 4 is 5.52 Å². The molecule has 120 valence electrons. The highest BCUT2D eigenvalue weighted by molar-refractivity contribution is 5.52. The molecule has 0 bridgehead atoms. The summed E-state index contributed by atoms with van der Waals surface area (Å²) in [5.41, 5.74) is 3.71. The lowest BCUT2D eigenvalue weighted by molar-refractivity contribution is 0.269. The van der Waals surface area contributed by atoms with E-state index in [0.717, 1.165) is 25.4 Å². The average molecular weight is 309 g/mol. The summed E-state index contributed by atoms with van der Waals surface area (Å²) >= 11 is 0. The Morgan fingerprint density at radius 1 is 1.22 bits per heavy atom. The number of nitrogens with one attached hydrogen (secondary N) is 1. The highest BCUT2D eigenvalue weighted by Crippen LogP contribution is 2.23. The van der Waals surface area contributed by atoms with Gasteiger partial charge in [-0.3, -0.25) is 9.88 Å². The second kappa shape index (κ2) is 6.54. The van der Waals surface area contributed by atoms with Crippen molar-refractivity contribution in [2.75, 3.05) is 13.1 Å². The molecule has 0 saturated carbocycles. The Bertz CT molecular complexity index is 746. The van der Waals surface area contributed by atoms with Crippen LogP contribution in [0.25, 0.3) is 5.52 Å². The third-order valence-corrected chi connectivity index (χ3v) is 4.90. The number of aromatic nitrogens is 4. The molecule has 1 saturated heterocycles. The SMILES string of the molecule is c1cc2c(CC3CCCN(Cc4cnc[nH]4)CC3)nccn2c1. The summed E-state index contributed by atoms with van der Waals surface area (Å²) in [7, 11) is 0. The van der Waals surface area contributed by atoms with Gasteiger partial charge in [0.15, 0.2) is 0 Å². The van der Waals surface area contributed by atoms with Crippen LogP contribution in [0.3, 0.4) is 0 Å². The van der Waals surface area contributed by atoms with E-state index in [-0.39, 0.29) is 0 Å². The zero-order valence-corrected chi connectivity index (χ0v) is 13.4. The number of imidazole rings is 1. The van der Waals surface area contributed by atoms with Crippen LogP contribution in [0, 0.1) is 5.92 Å². The molecule has 3 aromatic heterocycles. The summed E-state index contributed by atoms with van der Waals surface area (Å²) in [4.78, 5) is 14.5. The molecule has 0 amide bonds. The third-order valence-electron chi connectivity index (χ3n) is 4.90. The van der Waals surface area contributed by atoms with Crippen molar-refractivity contribution in [3.63, 3.8) is 0 Å². The topological polar surface area (TPSA) is 49.2 Å². The van der Waals surface area contributed by atoms with Crippen LogP contribution in [0.2, 0.25) is 0 Å². The maximum Gasteiger partial charge on any atom is 0.0922 e. The maximum absolute atomic E-state index is 4.64. The second-order valence-electron chi connectivity index (χ2n) is 6.53. The minimum absolute atomic E-state index is 0.732. The molecule has 3 aromatic rings. The van der Waals surface area contributed by atoms with E-state index in [1.54, 1.807) is 6.33 Å². The van der Waals surface area contributed by atoms with Crippen molar-refractivity contribution in [1.82, 2.24) is 24.3 Å². The minimum atomic E-state index is 0.732. The molecule has 1 aliphatic rings. The molecule has 1 unspecified atom stereocenters. The first-order valence-electron chi connectivity index (χ1n) is 8.48. The Morgan fingerprint density at radius 2 is 2.22 bits per heavy atom. The van der Waals surface area contributed by atoms with E-state index in [1.807, 2.05) is 18.6 Å². The Labute approximate surface area is 136 Å². The molecule has 1 fully saturated rings. The van der Waals surface area contributed by atoms with Crippen molar-refractivity contribution in [1.29, 1.82) is 0 Å². The van der Waals surface area contributed by atoms with Gasteiger partial charge in [0, 0.05) is 37.0 Å². The van der Waals surface area contributed by atoms with Gasteiger partial charge in [-0.05, 0) is 56.8 Å². The number of nitrogens with zero attached hydrogens (tertiary/aromatic N) is 4. The van der Waals surface area contributed by atoms with Crippen LogP contribution in [0.4, 0.5) is 0 Å². The van der Waals surface area contributed by atoms with Gasteiger partial charge in [-0.2, -0.15) is 0 Å². The van der Waals surface area contributed by atoms with Gasteiger partial charge in [-0.25, -0.2) is 4.98 Å². The molecule has 5 heteroatoms. The van der Waals surface area contributed by atoms with Crippen LogP contribution in [-0.2, 0) is 13.0 Å². The van der Waals surface area contributed by atoms with Crippen molar-refractivity contribution in [2.24, 2.45) is 5.92 Å². The van der Waals surface area contributed by atoms with Crippen LogP contribution < -0.4 is 0 Å². The fourth-order valence-corrected chi connectivity index (χ4v) is 3.66. The summed E-state index contributed by atoms with van der Waals surface area (Å²) in [6.07, 6.45) is 14.6. The fourth-order valence-electron chi connectivity index (χ4n) is 3.66. The van der Waals surface area contributed by atoms with Crippen LogP contribution in [0.1, 0.15) is 30.7 Å². The predicted octanol–water partition coefficient (Wildman–Crippen LogP) is 2.90. The second-order valence-corrected chi connectivity index (χ2v) is 6.53. The summed E-state index contributed by atoms with van der Waals surface area (Å²) in [6.45, 7) is 3.32. The average Bonchev–Trinajstić information content (AvgIpc) is 3.19. The van der Waals surface area contributed by atoms with E-state index in [4.69, 9.17) is 0 Å². The van der Waals surface area contributed by atoms with Crippen molar-refractivity contribution in [3.05, 3.63) is 54.6 Å². The zero-order valence-electron chi connectivity index (χ0n) is 13.4. The Hall–Kier alpha value is -2.14. The summed E-state index contributed by atoms with van der Waals surface area (Å²) in [5.74, 6) is 0.732. The Kier molecular flexibility index (Phi) is 4.11. The number of fused-ring (bicyclic) bond motifs is 1. The molecule has 1 atom stereocenters. The highest BCUT2D eigenvalue weighted by Gasteiger charge is 2.19. The lowest BCUT2D eigenvalue weighted by Crippen LogP contribution is -2.24. The summed E-state index contributed by atoms with van der Waals surface area (Å²) in [6, 6.07) is 4.27. The Morgan fingerprint density at radius 3 is 3.13 bits per heavy atom. The number of rotatable bonds is 4. The largest absolute Gasteiger partial charge is 0.347 e. The van der Waals surface area contributed by atoms with Crippen LogP contribution in [0.5, 0.6) is 0 Å². The molecule has 1 N–H and O–H groups in total. The van der Waals surface area contributed by atoms with Gasteiger partial charge in [0.05, 0.1) is 17.5 Å². The van der Waals surface area contributed by atoms with Gasteiger partial charge in [-0.15, -0.1) is 0 Å². The van der Waals surface area contributed by atoms with E-state index in [2.05, 4.69) is 42.6 Å². The number of hydrogen-bond donors (Lipinski definition) is 1. The summed E-state index contributed by atoms with van der Waals surface area (Å²) in [5, 5.41) is 0. The van der Waals surface area contributed by atoms with Gasteiger partial charge in [0.25, 0.3) is 0 Å². The standard InChI is InChI=1S/C18H23N5/c1-3-15(5-9-22(7-1)13-16-12-19-14-21-16)11-17-18-4-2-8-23(18)10-6-20-17/h2,4,6,8,10,12,14-15H,1,3,5,7,9,11,13H2,(H,19,21). The van der Waals surface area contributed by atoms with Gasteiger partial charge >= 0.3 is 0 Å². The first-order valence-corrected chi connectivity index (χ1v) is 8.48. The molecule has 0 aromatic carbocycles. The molecule has 0 radical (unpaired) electrons. The van der Waals surface area contributed by atoms with Crippen LogP contribution in [0.15, 0.2) is 43.2 Å². The Balaban J connectivity index is 1.40. The van der Waals surface area contributed by atoms with Gasteiger partial charge in [-0.1, -0.05) is 0 Å². The molecular weight excluding hydrogens is 286 g/mol. The molecular formula is C18H23N5. The maximum atomic E-state index is 4.64. The first-order chi connectivity index (χ1) is 11.4. The number of aromatic amines is 1. The lowest BCUT2D eigenvalue weighted by atomic mass is 9.95. The lowest BCUT2D eigenvalue weighted by Gasteiger charge is -2.19. The van der Waals surface area contributed by atoms with E-state index in [0.29, 0.717) is 0 Å². The quantitative estimate of drug-likeness (QED) is 0.806. The monoisotopic (exact) mass is 309 g/mol. The number of likely N-dealkylation sites (tertiary alicyclic amines) is 1. The van der Waals surface area contributed by atoms with Gasteiger partial charge in [0.1, 0.15) is 0 Å². The zero-order chi connectivity index (χ0) is 15.5. The number of hydrogen-bond acceptors (Lipinski definition) is 3. The third kappa shape index (κ3) is 3.29. The molecule has 0 spiro atoms. The van der Waals surface area contributed by atoms with E-state index < -0.39 is 0 Å². The van der Waals surface area contributed by atoms with Crippen molar-refractivity contribution < 1.29 is 0 Å². The predicted molar refractivity (Wildman–Crippen MR) is 90.1 cm³/mol. The smallest absolute Gasteiger partial charge is 0.0922 e.